The minimum Gasteiger partial charge on any atom is -0.313 e. The van der Waals surface area contributed by atoms with Gasteiger partial charge in [0.15, 0.2) is 5.69 Å². The van der Waals surface area contributed by atoms with E-state index in [0.717, 1.165) is 22.9 Å². The summed E-state index contributed by atoms with van der Waals surface area (Å²) in [7, 11) is 0. The maximum absolute atomic E-state index is 13.7. The lowest BCUT2D eigenvalue weighted by Crippen LogP contribution is -2.13. The van der Waals surface area contributed by atoms with E-state index in [9.17, 15) is 17.6 Å². The third kappa shape index (κ3) is 4.04. The summed E-state index contributed by atoms with van der Waals surface area (Å²) in [6, 6.07) is 5.47. The first-order valence-electron chi connectivity index (χ1n) is 6.49. The van der Waals surface area contributed by atoms with Gasteiger partial charge in [-0.3, -0.25) is 4.68 Å². The number of nitrogens with one attached hydrogen (secondary N) is 1. The zero-order valence-corrected chi connectivity index (χ0v) is 11.4. The molecule has 1 heterocycles. The van der Waals surface area contributed by atoms with Crippen molar-refractivity contribution in [2.24, 2.45) is 0 Å². The SMILES string of the molecule is CCNCc1ccc(F)c(Cn2ccc(C(F)(F)F)n2)c1. The number of hydrogen-bond acceptors (Lipinski definition) is 2. The van der Waals surface area contributed by atoms with Gasteiger partial charge in [0, 0.05) is 18.3 Å². The molecule has 7 heteroatoms. The first kappa shape index (κ1) is 15.5. The summed E-state index contributed by atoms with van der Waals surface area (Å²) in [5, 5.41) is 6.52. The van der Waals surface area contributed by atoms with Crippen molar-refractivity contribution in [2.75, 3.05) is 6.54 Å². The molecule has 1 N–H and O–H groups in total. The average molecular weight is 301 g/mol. The molecule has 0 atom stereocenters. The summed E-state index contributed by atoms with van der Waals surface area (Å²) >= 11 is 0. The molecule has 1 aromatic heterocycles. The summed E-state index contributed by atoms with van der Waals surface area (Å²) in [5.74, 6) is -0.459. The van der Waals surface area contributed by atoms with Crippen LogP contribution in [0.25, 0.3) is 0 Å². The number of benzene rings is 1. The smallest absolute Gasteiger partial charge is 0.313 e. The van der Waals surface area contributed by atoms with Crippen molar-refractivity contribution < 1.29 is 17.6 Å². The summed E-state index contributed by atoms with van der Waals surface area (Å²) in [5.41, 5.74) is 0.199. The van der Waals surface area contributed by atoms with Crippen molar-refractivity contribution in [3.8, 4) is 0 Å². The van der Waals surface area contributed by atoms with Crippen LogP contribution in [-0.2, 0) is 19.3 Å². The van der Waals surface area contributed by atoms with Crippen LogP contribution in [0.5, 0.6) is 0 Å². The Morgan fingerprint density at radius 3 is 2.62 bits per heavy atom. The molecule has 0 radical (unpaired) electrons. The minimum atomic E-state index is -4.49. The summed E-state index contributed by atoms with van der Waals surface area (Å²) in [6.07, 6.45) is -3.30. The highest BCUT2D eigenvalue weighted by Gasteiger charge is 2.33. The average Bonchev–Trinajstić information content (AvgIpc) is 2.88. The largest absolute Gasteiger partial charge is 0.435 e. The lowest BCUT2D eigenvalue weighted by atomic mass is 10.1. The number of halogens is 4. The summed E-state index contributed by atoms with van der Waals surface area (Å²) < 4.78 is 52.2. The molecule has 2 aromatic rings. The number of hydrogen-bond donors (Lipinski definition) is 1. The van der Waals surface area contributed by atoms with Crippen LogP contribution in [0.2, 0.25) is 0 Å². The second kappa shape index (κ2) is 6.26. The van der Waals surface area contributed by atoms with Gasteiger partial charge in [-0.25, -0.2) is 4.39 Å². The molecular weight excluding hydrogens is 286 g/mol. The van der Waals surface area contributed by atoms with Crippen LogP contribution in [0.4, 0.5) is 17.6 Å². The molecule has 21 heavy (non-hydrogen) atoms. The van der Waals surface area contributed by atoms with Gasteiger partial charge in [0.1, 0.15) is 5.82 Å². The van der Waals surface area contributed by atoms with E-state index in [4.69, 9.17) is 0 Å². The molecule has 0 saturated heterocycles. The molecule has 0 aliphatic carbocycles. The van der Waals surface area contributed by atoms with E-state index in [-0.39, 0.29) is 6.54 Å². The fourth-order valence-corrected chi connectivity index (χ4v) is 1.90. The van der Waals surface area contributed by atoms with Crippen molar-refractivity contribution >= 4 is 0 Å². The minimum absolute atomic E-state index is 0.0398. The Kier molecular flexibility index (Phi) is 4.62. The van der Waals surface area contributed by atoms with Crippen LogP contribution < -0.4 is 5.32 Å². The van der Waals surface area contributed by atoms with Crippen molar-refractivity contribution in [1.29, 1.82) is 0 Å². The van der Waals surface area contributed by atoms with Crippen LogP contribution in [0.15, 0.2) is 30.5 Å². The zero-order valence-electron chi connectivity index (χ0n) is 11.4. The van der Waals surface area contributed by atoms with Gasteiger partial charge in [0.25, 0.3) is 0 Å². The van der Waals surface area contributed by atoms with Gasteiger partial charge in [-0.1, -0.05) is 13.0 Å². The number of alkyl halides is 3. The predicted molar refractivity (Wildman–Crippen MR) is 70.1 cm³/mol. The van der Waals surface area contributed by atoms with Crippen molar-refractivity contribution in [3.05, 3.63) is 53.1 Å². The molecular formula is C14H15F4N3. The molecule has 1 aromatic carbocycles. The molecule has 0 bridgehead atoms. The van der Waals surface area contributed by atoms with E-state index in [1.165, 1.54) is 12.3 Å². The predicted octanol–water partition coefficient (Wildman–Crippen LogP) is 3.20. The van der Waals surface area contributed by atoms with Crippen molar-refractivity contribution in [3.63, 3.8) is 0 Å². The molecule has 0 aliphatic heterocycles. The highest BCUT2D eigenvalue weighted by atomic mass is 19.4. The van der Waals surface area contributed by atoms with Gasteiger partial charge in [-0.2, -0.15) is 18.3 Å². The highest BCUT2D eigenvalue weighted by molar-refractivity contribution is 5.25. The fourth-order valence-electron chi connectivity index (χ4n) is 1.90. The van der Waals surface area contributed by atoms with Gasteiger partial charge in [0.2, 0.25) is 0 Å². The highest BCUT2D eigenvalue weighted by Crippen LogP contribution is 2.27. The van der Waals surface area contributed by atoms with Crippen LogP contribution in [0.3, 0.4) is 0 Å². The monoisotopic (exact) mass is 301 g/mol. The van der Waals surface area contributed by atoms with Crippen molar-refractivity contribution in [2.45, 2.75) is 26.2 Å². The lowest BCUT2D eigenvalue weighted by molar-refractivity contribution is -0.141. The Bertz CT molecular complexity index is 605. The van der Waals surface area contributed by atoms with E-state index in [0.29, 0.717) is 12.1 Å². The van der Waals surface area contributed by atoms with E-state index >= 15 is 0 Å². The van der Waals surface area contributed by atoms with Crippen LogP contribution in [0.1, 0.15) is 23.7 Å². The molecule has 0 fully saturated rings. The van der Waals surface area contributed by atoms with Gasteiger partial charge >= 0.3 is 6.18 Å². The first-order chi connectivity index (χ1) is 9.90. The first-order valence-corrected chi connectivity index (χ1v) is 6.49. The second-order valence-electron chi connectivity index (χ2n) is 4.60. The number of nitrogens with zero attached hydrogens (tertiary/aromatic N) is 2. The summed E-state index contributed by atoms with van der Waals surface area (Å²) in [4.78, 5) is 0. The Hall–Kier alpha value is -1.89. The van der Waals surface area contributed by atoms with Gasteiger partial charge in [-0.05, 0) is 30.3 Å². The van der Waals surface area contributed by atoms with E-state index in [1.54, 1.807) is 12.1 Å². The number of rotatable bonds is 5. The van der Waals surface area contributed by atoms with Gasteiger partial charge < -0.3 is 5.32 Å². The van der Waals surface area contributed by atoms with Crippen LogP contribution in [0, 0.1) is 5.82 Å². The second-order valence-corrected chi connectivity index (χ2v) is 4.60. The Labute approximate surface area is 119 Å². The fraction of sp³-hybridized carbons (Fsp3) is 0.357. The molecule has 3 nitrogen and oxygen atoms in total. The third-order valence-electron chi connectivity index (χ3n) is 2.95. The molecule has 114 valence electrons. The molecule has 0 saturated carbocycles. The molecule has 0 amide bonds. The quantitative estimate of drug-likeness (QED) is 0.860. The Balaban J connectivity index is 2.16. The Morgan fingerprint density at radius 2 is 2.00 bits per heavy atom. The lowest BCUT2D eigenvalue weighted by Gasteiger charge is -2.08. The third-order valence-corrected chi connectivity index (χ3v) is 2.95. The molecule has 0 spiro atoms. The van der Waals surface area contributed by atoms with Crippen molar-refractivity contribution in [1.82, 2.24) is 15.1 Å². The van der Waals surface area contributed by atoms with E-state index in [2.05, 4.69) is 10.4 Å². The van der Waals surface area contributed by atoms with Crippen LogP contribution in [-0.4, -0.2) is 16.3 Å². The topological polar surface area (TPSA) is 29.9 Å². The Morgan fingerprint density at radius 1 is 1.24 bits per heavy atom. The van der Waals surface area contributed by atoms with E-state index < -0.39 is 17.7 Å². The maximum atomic E-state index is 13.7. The summed E-state index contributed by atoms with van der Waals surface area (Å²) in [6.45, 7) is 3.27. The van der Waals surface area contributed by atoms with Gasteiger partial charge in [0.05, 0.1) is 6.54 Å². The van der Waals surface area contributed by atoms with E-state index in [1.807, 2.05) is 6.92 Å². The maximum Gasteiger partial charge on any atom is 0.435 e. The van der Waals surface area contributed by atoms with Gasteiger partial charge in [-0.15, -0.1) is 0 Å². The normalized spacial score (nSPS) is 11.9. The molecule has 2 rings (SSSR count). The van der Waals surface area contributed by atoms with Crippen LogP contribution >= 0.6 is 0 Å². The molecule has 0 aliphatic rings. The standard InChI is InChI=1S/C14H15F4N3/c1-2-19-8-10-3-4-12(15)11(7-10)9-21-6-5-13(20-21)14(16,17)18/h3-7,19H,2,8-9H2,1H3. The molecule has 0 unspecified atom stereocenters. The zero-order chi connectivity index (χ0) is 15.5. The number of aromatic nitrogens is 2.